The Balaban J connectivity index is 2.32. The SMILES string of the molecule is CCCCC(O)CCC[C@H]1[C@H](O)CC(=O)[C@@H]1CCCCC=CC(=O)O. The summed E-state index contributed by atoms with van der Waals surface area (Å²) in [5.74, 6) is -0.841. The number of hydrogen-bond acceptors (Lipinski definition) is 4. The van der Waals surface area contributed by atoms with Gasteiger partial charge in [-0.15, -0.1) is 0 Å². The van der Waals surface area contributed by atoms with Gasteiger partial charge in [0.1, 0.15) is 5.78 Å². The lowest BCUT2D eigenvalue weighted by atomic mass is 9.85. The number of Topliss-reactive ketones (excluding diaryl/α,β-unsaturated/α-hetero) is 1. The minimum Gasteiger partial charge on any atom is -0.478 e. The van der Waals surface area contributed by atoms with Crippen LogP contribution in [0.15, 0.2) is 12.2 Å². The molecular formula is C20H34O5. The predicted molar refractivity (Wildman–Crippen MR) is 97.2 cm³/mol. The van der Waals surface area contributed by atoms with E-state index < -0.39 is 12.1 Å². The molecule has 5 nitrogen and oxygen atoms in total. The quantitative estimate of drug-likeness (QED) is 0.348. The third-order valence-corrected chi connectivity index (χ3v) is 5.20. The van der Waals surface area contributed by atoms with Crippen LogP contribution >= 0.6 is 0 Å². The smallest absolute Gasteiger partial charge is 0.327 e. The number of aliphatic hydroxyl groups is 2. The maximum Gasteiger partial charge on any atom is 0.327 e. The van der Waals surface area contributed by atoms with Crippen LogP contribution in [-0.2, 0) is 9.59 Å². The second kappa shape index (κ2) is 12.2. The van der Waals surface area contributed by atoms with Gasteiger partial charge >= 0.3 is 5.97 Å². The first-order valence-electron chi connectivity index (χ1n) is 9.74. The molecule has 1 aliphatic carbocycles. The summed E-state index contributed by atoms with van der Waals surface area (Å²) < 4.78 is 0. The number of allylic oxidation sites excluding steroid dienone is 1. The van der Waals surface area contributed by atoms with Gasteiger partial charge in [0.15, 0.2) is 0 Å². The molecule has 5 heteroatoms. The van der Waals surface area contributed by atoms with Crippen LogP contribution in [0.2, 0.25) is 0 Å². The average molecular weight is 354 g/mol. The van der Waals surface area contributed by atoms with E-state index in [1.807, 2.05) is 0 Å². The maximum atomic E-state index is 12.1. The molecule has 0 amide bonds. The van der Waals surface area contributed by atoms with Gasteiger partial charge in [0, 0.05) is 18.4 Å². The fourth-order valence-electron chi connectivity index (χ4n) is 3.77. The van der Waals surface area contributed by atoms with Gasteiger partial charge in [-0.3, -0.25) is 4.79 Å². The number of carboxylic acids is 1. The Morgan fingerprint density at radius 2 is 1.92 bits per heavy atom. The van der Waals surface area contributed by atoms with Crippen LogP contribution in [0.3, 0.4) is 0 Å². The molecule has 0 bridgehead atoms. The predicted octanol–water partition coefficient (Wildman–Crippen LogP) is 3.48. The van der Waals surface area contributed by atoms with Crippen molar-refractivity contribution in [1.82, 2.24) is 0 Å². The molecule has 1 saturated carbocycles. The molecule has 0 saturated heterocycles. The fraction of sp³-hybridized carbons (Fsp3) is 0.800. The Labute approximate surface area is 151 Å². The minimum atomic E-state index is -0.935. The van der Waals surface area contributed by atoms with Crippen molar-refractivity contribution in [3.8, 4) is 0 Å². The van der Waals surface area contributed by atoms with E-state index in [-0.39, 0.29) is 30.1 Å². The average Bonchev–Trinajstić information content (AvgIpc) is 2.82. The highest BCUT2D eigenvalue weighted by molar-refractivity contribution is 5.84. The standard InChI is InChI=1S/C20H34O5/c1-2-3-9-15(21)10-8-12-17-16(18(22)14-19(17)23)11-6-4-5-7-13-20(24)25/h7,13,15-17,19,21,23H,2-6,8-12,14H2,1H3,(H,24,25)/t15?,16-,17-,19-/m1/s1. The van der Waals surface area contributed by atoms with E-state index >= 15 is 0 Å². The van der Waals surface area contributed by atoms with E-state index in [1.54, 1.807) is 6.08 Å². The molecular weight excluding hydrogens is 320 g/mol. The van der Waals surface area contributed by atoms with Crippen molar-refractivity contribution in [2.75, 3.05) is 0 Å². The molecule has 144 valence electrons. The number of carbonyl (C=O) groups excluding carboxylic acids is 1. The maximum absolute atomic E-state index is 12.1. The zero-order chi connectivity index (χ0) is 18.7. The summed E-state index contributed by atoms with van der Waals surface area (Å²) in [5, 5.41) is 28.6. The van der Waals surface area contributed by atoms with E-state index in [0.717, 1.165) is 63.9 Å². The highest BCUT2D eigenvalue weighted by atomic mass is 16.4. The zero-order valence-electron chi connectivity index (χ0n) is 15.4. The molecule has 1 aliphatic rings. The number of aliphatic carboxylic acids is 1. The van der Waals surface area contributed by atoms with E-state index in [9.17, 15) is 19.8 Å². The van der Waals surface area contributed by atoms with Crippen molar-refractivity contribution >= 4 is 11.8 Å². The van der Waals surface area contributed by atoms with Crippen LogP contribution < -0.4 is 0 Å². The van der Waals surface area contributed by atoms with Crippen LogP contribution in [0.25, 0.3) is 0 Å². The lowest BCUT2D eigenvalue weighted by molar-refractivity contribution is -0.131. The second-order valence-electron chi connectivity index (χ2n) is 7.26. The molecule has 4 atom stereocenters. The Hall–Kier alpha value is -1.20. The molecule has 0 aromatic rings. The molecule has 0 aromatic heterocycles. The summed E-state index contributed by atoms with van der Waals surface area (Å²) in [4.78, 5) is 22.5. The molecule has 0 spiro atoms. The van der Waals surface area contributed by atoms with Crippen LogP contribution in [0.5, 0.6) is 0 Å². The number of carbonyl (C=O) groups is 2. The first-order valence-corrected chi connectivity index (χ1v) is 9.74. The molecule has 0 heterocycles. The Morgan fingerprint density at radius 1 is 1.20 bits per heavy atom. The minimum absolute atomic E-state index is 0.0143. The lowest BCUT2D eigenvalue weighted by Gasteiger charge is -2.21. The highest BCUT2D eigenvalue weighted by Crippen LogP contribution is 2.36. The monoisotopic (exact) mass is 354 g/mol. The van der Waals surface area contributed by atoms with Crippen molar-refractivity contribution in [3.05, 3.63) is 12.2 Å². The van der Waals surface area contributed by atoms with Gasteiger partial charge < -0.3 is 15.3 Å². The number of rotatable bonds is 13. The fourth-order valence-corrected chi connectivity index (χ4v) is 3.77. The van der Waals surface area contributed by atoms with Gasteiger partial charge in [-0.2, -0.15) is 0 Å². The second-order valence-corrected chi connectivity index (χ2v) is 7.26. The van der Waals surface area contributed by atoms with Gasteiger partial charge in [-0.25, -0.2) is 4.79 Å². The van der Waals surface area contributed by atoms with Crippen molar-refractivity contribution in [2.24, 2.45) is 11.8 Å². The summed E-state index contributed by atoms with van der Waals surface area (Å²) in [6.07, 6.45) is 10.7. The van der Waals surface area contributed by atoms with Crippen LogP contribution in [0.1, 0.15) is 77.6 Å². The van der Waals surface area contributed by atoms with Crippen molar-refractivity contribution < 1.29 is 24.9 Å². The van der Waals surface area contributed by atoms with Gasteiger partial charge in [0.25, 0.3) is 0 Å². The van der Waals surface area contributed by atoms with Crippen molar-refractivity contribution in [2.45, 2.75) is 89.8 Å². The number of carboxylic acid groups (broad SMARTS) is 1. The Morgan fingerprint density at radius 3 is 2.60 bits per heavy atom. The molecule has 1 fully saturated rings. The summed E-state index contributed by atoms with van der Waals surface area (Å²) in [6.45, 7) is 2.11. The normalized spacial score (nSPS) is 24.9. The molecule has 1 unspecified atom stereocenters. The lowest BCUT2D eigenvalue weighted by Crippen LogP contribution is -2.21. The summed E-state index contributed by atoms with van der Waals surface area (Å²) in [6, 6.07) is 0. The van der Waals surface area contributed by atoms with Crippen molar-refractivity contribution in [3.63, 3.8) is 0 Å². The molecule has 0 radical (unpaired) electrons. The van der Waals surface area contributed by atoms with E-state index in [2.05, 4.69) is 6.92 Å². The molecule has 0 aromatic carbocycles. The third kappa shape index (κ3) is 8.63. The summed E-state index contributed by atoms with van der Waals surface area (Å²) in [5.41, 5.74) is 0. The van der Waals surface area contributed by atoms with Crippen LogP contribution in [0, 0.1) is 11.8 Å². The number of aliphatic hydroxyl groups excluding tert-OH is 2. The zero-order valence-corrected chi connectivity index (χ0v) is 15.4. The largest absolute Gasteiger partial charge is 0.478 e. The summed E-state index contributed by atoms with van der Waals surface area (Å²) in [7, 11) is 0. The first kappa shape index (κ1) is 21.8. The third-order valence-electron chi connectivity index (χ3n) is 5.20. The molecule has 1 rings (SSSR count). The number of ketones is 1. The highest BCUT2D eigenvalue weighted by Gasteiger charge is 2.40. The van der Waals surface area contributed by atoms with Gasteiger partial charge in [0.05, 0.1) is 12.2 Å². The van der Waals surface area contributed by atoms with Gasteiger partial charge in [0.2, 0.25) is 0 Å². The molecule has 0 aliphatic heterocycles. The van der Waals surface area contributed by atoms with E-state index in [4.69, 9.17) is 5.11 Å². The first-order chi connectivity index (χ1) is 12.0. The van der Waals surface area contributed by atoms with Gasteiger partial charge in [-0.05, 0) is 44.4 Å². The van der Waals surface area contributed by atoms with Crippen LogP contribution in [0.4, 0.5) is 0 Å². The van der Waals surface area contributed by atoms with Crippen molar-refractivity contribution in [1.29, 1.82) is 0 Å². The van der Waals surface area contributed by atoms with E-state index in [1.165, 1.54) is 0 Å². The Kier molecular flexibility index (Phi) is 10.7. The number of unbranched alkanes of at least 4 members (excludes halogenated alkanes) is 3. The van der Waals surface area contributed by atoms with Gasteiger partial charge in [-0.1, -0.05) is 38.7 Å². The topological polar surface area (TPSA) is 94.8 Å². The van der Waals surface area contributed by atoms with E-state index in [0.29, 0.717) is 6.42 Å². The number of hydrogen-bond donors (Lipinski definition) is 3. The molecule has 25 heavy (non-hydrogen) atoms. The van der Waals surface area contributed by atoms with Crippen LogP contribution in [-0.4, -0.2) is 39.3 Å². The Bertz CT molecular complexity index is 432. The molecule has 3 N–H and O–H groups in total. The summed E-state index contributed by atoms with van der Waals surface area (Å²) >= 11 is 0.